The molecule has 0 fully saturated rings. The Labute approximate surface area is 148 Å². The molecule has 24 heavy (non-hydrogen) atoms. The third-order valence-corrected chi connectivity index (χ3v) is 3.88. The van der Waals surface area contributed by atoms with Gasteiger partial charge in [-0.2, -0.15) is 0 Å². The van der Waals surface area contributed by atoms with Crippen LogP contribution < -0.4 is 11.1 Å². The van der Waals surface area contributed by atoms with Gasteiger partial charge in [-0.05, 0) is 24.0 Å². The summed E-state index contributed by atoms with van der Waals surface area (Å²) in [6.45, 7) is 3.46. The lowest BCUT2D eigenvalue weighted by molar-refractivity contribution is -0.143. The number of carboxylic acid groups (broad SMARTS) is 1. The molecule has 7 heteroatoms. The van der Waals surface area contributed by atoms with Crippen LogP contribution in [0.4, 0.5) is 0 Å². The average molecular weight is 355 g/mol. The fraction of sp³-hybridized carbons (Fsp3) is 0.412. The Bertz CT molecular complexity index is 748. The van der Waals surface area contributed by atoms with Crippen molar-refractivity contribution in [2.75, 3.05) is 0 Å². The maximum Gasteiger partial charge on any atom is 0.326 e. The molecule has 0 aliphatic carbocycles. The molecule has 1 aromatic carbocycles. The molecular formula is C17H24ClN3O3. The van der Waals surface area contributed by atoms with Crippen molar-refractivity contribution in [1.82, 2.24) is 9.88 Å². The molecule has 4 N–H and O–H groups in total. The molecule has 0 saturated heterocycles. The first-order chi connectivity index (χ1) is 11.3. The molecule has 0 saturated carbocycles. The number of aromatic nitrogens is 1. The number of hydrogen-bond acceptors (Lipinski definition) is 3. The molecule has 1 heterocycles. The zero-order valence-electron chi connectivity index (χ0n) is 14.7. The van der Waals surface area contributed by atoms with Crippen molar-refractivity contribution in [1.29, 1.82) is 0 Å². The van der Waals surface area contributed by atoms with Gasteiger partial charge >= 0.3 is 5.97 Å². The summed E-state index contributed by atoms with van der Waals surface area (Å²) in [5.74, 6) is -1.79. The van der Waals surface area contributed by atoms with Gasteiger partial charge in [0.2, 0.25) is 5.91 Å². The Hall–Kier alpha value is -2.05. The van der Waals surface area contributed by atoms with Crippen molar-refractivity contribution >= 4 is 35.2 Å². The Morgan fingerprint density at radius 3 is 2.62 bits per heavy atom. The second-order valence-electron chi connectivity index (χ2n) is 6.02. The van der Waals surface area contributed by atoms with Crippen LogP contribution in [0.15, 0.2) is 30.5 Å². The third kappa shape index (κ3) is 4.27. The number of carboxylic acids is 1. The summed E-state index contributed by atoms with van der Waals surface area (Å²) in [4.78, 5) is 23.4. The maximum atomic E-state index is 12.2. The quantitative estimate of drug-likeness (QED) is 0.735. The summed E-state index contributed by atoms with van der Waals surface area (Å²) in [7, 11) is 0.0797. The fourth-order valence-corrected chi connectivity index (χ4v) is 2.59. The van der Waals surface area contributed by atoms with Crippen LogP contribution in [0.1, 0.15) is 20.8 Å². The van der Waals surface area contributed by atoms with E-state index in [0.717, 1.165) is 16.5 Å². The van der Waals surface area contributed by atoms with Gasteiger partial charge in [0, 0.05) is 25.5 Å². The van der Waals surface area contributed by atoms with Gasteiger partial charge in [0.15, 0.2) is 0 Å². The first-order valence-electron chi connectivity index (χ1n) is 8.20. The Morgan fingerprint density at radius 1 is 1.38 bits per heavy atom. The Balaban J connectivity index is 0.00000312. The van der Waals surface area contributed by atoms with E-state index in [9.17, 15) is 9.59 Å². The van der Waals surface area contributed by atoms with E-state index >= 15 is 0 Å². The van der Waals surface area contributed by atoms with E-state index < -0.39 is 24.0 Å². The third-order valence-electron chi connectivity index (χ3n) is 3.88. The molecule has 2 rings (SSSR count). The number of nitrogens with one attached hydrogen (secondary N) is 1. The number of fused-ring (bicyclic) bond motifs is 1. The number of benzene rings is 1. The van der Waals surface area contributed by atoms with Crippen molar-refractivity contribution in [3.8, 4) is 0 Å². The van der Waals surface area contributed by atoms with Gasteiger partial charge in [0.1, 0.15) is 6.04 Å². The normalized spacial score (nSPS) is 13.9. The number of hydrogen-bond donors (Lipinski definition) is 3. The van der Waals surface area contributed by atoms with Crippen LogP contribution in [0, 0.1) is 5.92 Å². The smallest absolute Gasteiger partial charge is 0.326 e. The molecule has 6 nitrogen and oxygen atoms in total. The van der Waals surface area contributed by atoms with Crippen molar-refractivity contribution in [2.24, 2.45) is 18.7 Å². The largest absolute Gasteiger partial charge is 0.480 e. The zero-order chi connectivity index (χ0) is 17.9. The molecular weight excluding hydrogens is 330 g/mol. The van der Waals surface area contributed by atoms with Crippen molar-refractivity contribution in [3.63, 3.8) is 0 Å². The van der Waals surface area contributed by atoms with E-state index in [1.807, 2.05) is 30.5 Å². The maximum absolute atomic E-state index is 12.2. The number of para-hydroxylation sites is 1. The van der Waals surface area contributed by atoms with Crippen LogP contribution in [-0.4, -0.2) is 33.6 Å². The number of carbonyl (C=O) groups is 2. The lowest BCUT2D eigenvalue weighted by Crippen LogP contribution is -2.51. The molecule has 0 aliphatic heterocycles. The topological polar surface area (TPSA) is 97.4 Å². The number of nitrogens with two attached hydrogens (primary N) is 1. The SMILES string of the molecule is Cl.[2H]Cn1cc(C[C@H](N)C(=O)N[C@H](C(=O)O)C(C)C)c2ccccc21. The van der Waals surface area contributed by atoms with Gasteiger partial charge < -0.3 is 20.7 Å². The second-order valence-corrected chi connectivity index (χ2v) is 6.02. The van der Waals surface area contributed by atoms with E-state index in [1.165, 1.54) is 0 Å². The standard InChI is InChI=1S/C17H23N3O3.ClH/c1-10(2)15(17(22)23)19-16(21)13(18)8-11-9-20(3)14-7-5-4-6-12(11)14;/h4-7,9-10,13,15H,8,18H2,1-3H3,(H,19,21)(H,22,23);1H/t13-,15-;/m0./s1/i3D;. The number of rotatable bonds is 6. The monoisotopic (exact) mass is 354 g/mol. The van der Waals surface area contributed by atoms with Crippen LogP contribution in [-0.2, 0) is 23.0 Å². The molecule has 0 unspecified atom stereocenters. The molecule has 0 spiro atoms. The van der Waals surface area contributed by atoms with E-state index in [4.69, 9.17) is 12.2 Å². The van der Waals surface area contributed by atoms with Crippen LogP contribution in [0.25, 0.3) is 10.9 Å². The van der Waals surface area contributed by atoms with Crippen molar-refractivity contribution < 1.29 is 16.1 Å². The lowest BCUT2D eigenvalue weighted by atomic mass is 10.0. The highest BCUT2D eigenvalue weighted by molar-refractivity contribution is 5.89. The van der Waals surface area contributed by atoms with Gasteiger partial charge in [-0.15, -0.1) is 12.4 Å². The number of aliphatic carboxylic acids is 1. The first-order valence-corrected chi connectivity index (χ1v) is 7.50. The molecule has 0 radical (unpaired) electrons. The van der Waals surface area contributed by atoms with Gasteiger partial charge in [-0.3, -0.25) is 4.79 Å². The van der Waals surface area contributed by atoms with Crippen molar-refractivity contribution in [3.05, 3.63) is 36.0 Å². The molecule has 2 aromatic rings. The van der Waals surface area contributed by atoms with Crippen LogP contribution in [0.2, 0.25) is 0 Å². The highest BCUT2D eigenvalue weighted by atomic mass is 35.5. The second kappa shape index (κ2) is 8.17. The van der Waals surface area contributed by atoms with Crippen LogP contribution in [0.5, 0.6) is 0 Å². The summed E-state index contributed by atoms with van der Waals surface area (Å²) in [5.41, 5.74) is 7.77. The predicted molar refractivity (Wildman–Crippen MR) is 96.3 cm³/mol. The fourth-order valence-electron chi connectivity index (χ4n) is 2.59. The summed E-state index contributed by atoms with van der Waals surface area (Å²) in [6, 6.07) is 5.82. The predicted octanol–water partition coefficient (Wildman–Crippen LogP) is 1.70. The van der Waals surface area contributed by atoms with Crippen molar-refractivity contribution in [2.45, 2.75) is 32.4 Å². The van der Waals surface area contributed by atoms with Gasteiger partial charge in [0.25, 0.3) is 0 Å². The molecule has 1 amide bonds. The number of halogens is 1. The molecule has 0 aliphatic rings. The highest BCUT2D eigenvalue weighted by Crippen LogP contribution is 2.21. The average Bonchev–Trinajstić information content (AvgIpc) is 2.89. The highest BCUT2D eigenvalue weighted by Gasteiger charge is 2.26. The Kier molecular flexibility index (Phi) is 6.23. The van der Waals surface area contributed by atoms with E-state index in [-0.39, 0.29) is 31.8 Å². The van der Waals surface area contributed by atoms with E-state index in [0.29, 0.717) is 0 Å². The first kappa shape index (κ1) is 18.3. The Morgan fingerprint density at radius 2 is 2.04 bits per heavy atom. The number of amides is 1. The molecule has 132 valence electrons. The number of nitrogens with zero attached hydrogens (tertiary/aromatic N) is 1. The van der Waals surface area contributed by atoms with Gasteiger partial charge in [-0.25, -0.2) is 4.79 Å². The summed E-state index contributed by atoms with van der Waals surface area (Å²) in [6.07, 6.45) is 2.10. The summed E-state index contributed by atoms with van der Waals surface area (Å²) < 4.78 is 9.36. The van der Waals surface area contributed by atoms with Gasteiger partial charge in [0.05, 0.1) is 6.04 Å². The summed E-state index contributed by atoms with van der Waals surface area (Å²) >= 11 is 0. The molecule has 2 atom stereocenters. The summed E-state index contributed by atoms with van der Waals surface area (Å²) in [5, 5.41) is 12.6. The number of aryl methyl sites for hydroxylation is 1. The minimum atomic E-state index is -1.07. The van der Waals surface area contributed by atoms with E-state index in [1.54, 1.807) is 18.4 Å². The molecule has 0 bridgehead atoms. The molecule has 1 aromatic heterocycles. The minimum absolute atomic E-state index is 0. The lowest BCUT2D eigenvalue weighted by Gasteiger charge is -2.20. The van der Waals surface area contributed by atoms with Gasteiger partial charge in [-0.1, -0.05) is 32.0 Å². The van der Waals surface area contributed by atoms with Crippen LogP contribution >= 0.6 is 12.4 Å². The number of carbonyl (C=O) groups excluding carboxylic acids is 1. The minimum Gasteiger partial charge on any atom is -0.480 e. The van der Waals surface area contributed by atoms with Crippen LogP contribution in [0.3, 0.4) is 0 Å². The van der Waals surface area contributed by atoms with E-state index in [2.05, 4.69) is 5.32 Å². The zero-order valence-corrected chi connectivity index (χ0v) is 14.5.